The third-order valence-corrected chi connectivity index (χ3v) is 15.4. The molecule has 0 aliphatic carbocycles. The van der Waals surface area contributed by atoms with Gasteiger partial charge in [0.25, 0.3) is 0 Å². The van der Waals surface area contributed by atoms with E-state index >= 15 is 0 Å². The van der Waals surface area contributed by atoms with E-state index in [9.17, 15) is 19.8 Å². The molecule has 0 spiro atoms. The van der Waals surface area contributed by atoms with Crippen LogP contribution in [0.5, 0.6) is 0 Å². The van der Waals surface area contributed by atoms with Crippen molar-refractivity contribution in [1.29, 1.82) is 0 Å². The van der Waals surface area contributed by atoms with Gasteiger partial charge in [0.1, 0.15) is 0 Å². The highest BCUT2D eigenvalue weighted by Gasteiger charge is 2.18. The summed E-state index contributed by atoms with van der Waals surface area (Å²) in [7, 11) is 0. The summed E-state index contributed by atoms with van der Waals surface area (Å²) in [6.07, 6.45) is 80.6. The van der Waals surface area contributed by atoms with Crippen molar-refractivity contribution in [1.82, 2.24) is 5.32 Å². The van der Waals surface area contributed by atoms with E-state index in [-0.39, 0.29) is 18.5 Å². The van der Waals surface area contributed by atoms with E-state index in [2.05, 4.69) is 43.5 Å². The van der Waals surface area contributed by atoms with E-state index in [1.165, 1.54) is 257 Å². The summed E-state index contributed by atoms with van der Waals surface area (Å²) < 4.78 is 5.47. The first kappa shape index (κ1) is 72.1. The number of rotatable bonds is 62. The number of hydrogen-bond donors (Lipinski definition) is 3. The van der Waals surface area contributed by atoms with Crippen LogP contribution in [0.4, 0.5) is 0 Å². The van der Waals surface area contributed by atoms with Crippen molar-refractivity contribution in [3.05, 3.63) is 36.5 Å². The van der Waals surface area contributed by atoms with E-state index in [1.54, 1.807) is 6.08 Å². The molecule has 0 heterocycles. The average Bonchev–Trinajstić information content (AvgIpc) is 3.40. The lowest BCUT2D eigenvalue weighted by Crippen LogP contribution is -2.45. The Morgan fingerprint density at radius 3 is 1.00 bits per heavy atom. The SMILES string of the molecule is CCCCCCCCCCCCCCCCCCCCCCCC/C=C/C(O)C(CO)NC(=O)CCCCCCCC/C=C\C=C/CCCCCOC(=O)CCCCCCCCCCCCCCCCCCCC. The zero-order chi connectivity index (χ0) is 53.6. The Labute approximate surface area is 462 Å². The van der Waals surface area contributed by atoms with Gasteiger partial charge in [-0.2, -0.15) is 0 Å². The van der Waals surface area contributed by atoms with Crippen molar-refractivity contribution in [3.63, 3.8) is 0 Å². The number of nitrogens with one attached hydrogen (secondary N) is 1. The first-order valence-electron chi connectivity index (χ1n) is 33.3. The Hall–Kier alpha value is -1.92. The van der Waals surface area contributed by atoms with Gasteiger partial charge in [-0.1, -0.05) is 320 Å². The van der Waals surface area contributed by atoms with Gasteiger partial charge in [0.05, 0.1) is 25.4 Å². The predicted molar refractivity (Wildman–Crippen MR) is 324 cm³/mol. The number of ether oxygens (including phenoxy) is 1. The van der Waals surface area contributed by atoms with Crippen molar-refractivity contribution in [2.24, 2.45) is 0 Å². The molecule has 6 heteroatoms. The second-order valence-electron chi connectivity index (χ2n) is 22.8. The van der Waals surface area contributed by atoms with E-state index in [0.717, 1.165) is 77.0 Å². The van der Waals surface area contributed by atoms with Gasteiger partial charge in [-0.3, -0.25) is 9.59 Å². The number of unbranched alkanes of at least 4 members (excludes halogenated alkanes) is 48. The van der Waals surface area contributed by atoms with Gasteiger partial charge in [0.15, 0.2) is 0 Å². The second-order valence-corrected chi connectivity index (χ2v) is 22.8. The molecule has 0 aromatic heterocycles. The molecule has 0 radical (unpaired) electrons. The molecule has 0 aliphatic rings. The molecule has 0 aliphatic heterocycles. The molecule has 436 valence electrons. The van der Waals surface area contributed by atoms with Gasteiger partial charge < -0.3 is 20.3 Å². The highest BCUT2D eigenvalue weighted by atomic mass is 16.5. The maximum atomic E-state index is 12.5. The van der Waals surface area contributed by atoms with Gasteiger partial charge in [-0.05, 0) is 64.2 Å². The Morgan fingerprint density at radius 1 is 0.378 bits per heavy atom. The fourth-order valence-electron chi connectivity index (χ4n) is 10.3. The molecule has 0 aromatic carbocycles. The Kier molecular flexibility index (Phi) is 62.0. The van der Waals surface area contributed by atoms with Crippen LogP contribution in [-0.2, 0) is 14.3 Å². The van der Waals surface area contributed by atoms with Crippen LogP contribution in [0.2, 0.25) is 0 Å². The van der Waals surface area contributed by atoms with Crippen molar-refractivity contribution >= 4 is 11.9 Å². The lowest BCUT2D eigenvalue weighted by molar-refractivity contribution is -0.143. The number of carbonyl (C=O) groups excluding carboxylic acids is 2. The maximum absolute atomic E-state index is 12.5. The van der Waals surface area contributed by atoms with Crippen molar-refractivity contribution in [3.8, 4) is 0 Å². The summed E-state index contributed by atoms with van der Waals surface area (Å²) in [6.45, 7) is 4.88. The second kappa shape index (κ2) is 63.6. The molecule has 2 atom stereocenters. The number of amides is 1. The predicted octanol–water partition coefficient (Wildman–Crippen LogP) is 21.1. The quantitative estimate of drug-likeness (QED) is 0.0244. The number of allylic oxidation sites excluding steroid dienone is 5. The molecule has 0 aromatic rings. The Balaban J connectivity index is 3.51. The monoisotopic (exact) mass is 1040 g/mol. The van der Waals surface area contributed by atoms with Gasteiger partial charge in [-0.25, -0.2) is 0 Å². The minimum atomic E-state index is -0.861. The van der Waals surface area contributed by atoms with Gasteiger partial charge in [0, 0.05) is 12.8 Å². The Bertz CT molecular complexity index is 1200. The van der Waals surface area contributed by atoms with E-state index in [4.69, 9.17) is 4.74 Å². The molecule has 0 fully saturated rings. The average molecular weight is 1040 g/mol. The summed E-state index contributed by atoms with van der Waals surface area (Å²) >= 11 is 0. The van der Waals surface area contributed by atoms with Gasteiger partial charge in [-0.15, -0.1) is 0 Å². The normalized spacial score (nSPS) is 12.8. The number of hydrogen-bond acceptors (Lipinski definition) is 5. The van der Waals surface area contributed by atoms with Crippen LogP contribution in [0.3, 0.4) is 0 Å². The lowest BCUT2D eigenvalue weighted by atomic mass is 10.0. The number of aliphatic hydroxyl groups is 2. The molecular weight excluding hydrogens is 911 g/mol. The van der Waals surface area contributed by atoms with Crippen molar-refractivity contribution in [2.45, 2.75) is 373 Å². The zero-order valence-electron chi connectivity index (χ0n) is 49.8. The topological polar surface area (TPSA) is 95.9 Å². The first-order chi connectivity index (χ1) is 36.5. The molecule has 3 N–H and O–H groups in total. The Morgan fingerprint density at radius 2 is 0.662 bits per heavy atom. The van der Waals surface area contributed by atoms with Crippen LogP contribution in [0.1, 0.15) is 361 Å². The number of esters is 1. The van der Waals surface area contributed by atoms with Crippen LogP contribution in [0.25, 0.3) is 0 Å². The summed E-state index contributed by atoms with van der Waals surface area (Å²) in [5.41, 5.74) is 0. The van der Waals surface area contributed by atoms with Crippen molar-refractivity contribution < 1.29 is 24.5 Å². The van der Waals surface area contributed by atoms with Crippen LogP contribution in [0.15, 0.2) is 36.5 Å². The lowest BCUT2D eigenvalue weighted by Gasteiger charge is -2.20. The maximum Gasteiger partial charge on any atom is 0.305 e. The minimum Gasteiger partial charge on any atom is -0.466 e. The zero-order valence-corrected chi connectivity index (χ0v) is 49.8. The van der Waals surface area contributed by atoms with E-state index in [1.807, 2.05) is 6.08 Å². The van der Waals surface area contributed by atoms with Gasteiger partial charge >= 0.3 is 5.97 Å². The highest BCUT2D eigenvalue weighted by Crippen LogP contribution is 2.18. The molecule has 0 saturated carbocycles. The summed E-state index contributed by atoms with van der Waals surface area (Å²) in [6, 6.07) is -0.646. The first-order valence-corrected chi connectivity index (χ1v) is 33.3. The third kappa shape index (κ3) is 59.3. The standard InChI is InChI=1S/C68H129NO5/c1-3-5-7-9-11-13-15-17-19-21-23-24-25-26-27-28-29-32-36-40-44-48-52-56-60-66(71)65(64-70)69-67(72)61-57-53-49-45-41-37-33-31-35-39-43-47-51-55-59-63-74-68(73)62-58-54-50-46-42-38-34-30-22-20-18-16-14-12-10-8-6-4-2/h31,35,39,43,56,60,65-66,70-71H,3-30,32-34,36-38,40-42,44-55,57-59,61-64H2,1-2H3,(H,69,72)/b35-31-,43-39-,60-56+. The number of aliphatic hydroxyl groups excluding tert-OH is 2. The van der Waals surface area contributed by atoms with Crippen molar-refractivity contribution in [2.75, 3.05) is 13.2 Å². The van der Waals surface area contributed by atoms with E-state index < -0.39 is 12.1 Å². The molecule has 0 rings (SSSR count). The summed E-state index contributed by atoms with van der Waals surface area (Å²) in [4.78, 5) is 24.6. The smallest absolute Gasteiger partial charge is 0.305 e. The molecular formula is C68H129NO5. The molecule has 0 bridgehead atoms. The van der Waals surface area contributed by atoms with Crippen LogP contribution in [0, 0.1) is 0 Å². The molecule has 1 amide bonds. The summed E-state index contributed by atoms with van der Waals surface area (Å²) in [5.74, 6) is -0.105. The fraction of sp³-hybridized carbons (Fsp3) is 0.882. The van der Waals surface area contributed by atoms with Crippen LogP contribution in [-0.4, -0.2) is 47.4 Å². The molecule has 6 nitrogen and oxygen atoms in total. The molecule has 74 heavy (non-hydrogen) atoms. The number of carbonyl (C=O) groups is 2. The van der Waals surface area contributed by atoms with Crippen LogP contribution < -0.4 is 5.32 Å². The fourth-order valence-corrected chi connectivity index (χ4v) is 10.3. The van der Waals surface area contributed by atoms with Gasteiger partial charge in [0.2, 0.25) is 5.91 Å². The third-order valence-electron chi connectivity index (χ3n) is 15.4. The highest BCUT2D eigenvalue weighted by molar-refractivity contribution is 5.76. The minimum absolute atomic E-state index is 0.0178. The molecule has 0 saturated heterocycles. The largest absolute Gasteiger partial charge is 0.466 e. The molecule has 2 unspecified atom stereocenters. The van der Waals surface area contributed by atoms with E-state index in [0.29, 0.717) is 19.4 Å². The summed E-state index contributed by atoms with van der Waals surface area (Å²) in [5, 5.41) is 23.2. The van der Waals surface area contributed by atoms with Crippen LogP contribution >= 0.6 is 0 Å².